The lowest BCUT2D eigenvalue weighted by molar-refractivity contribution is 0.111. The molecular weight excluding hydrogens is 416 g/mol. The zero-order chi connectivity index (χ0) is 22.6. The maximum atomic E-state index is 12.8. The van der Waals surface area contributed by atoms with E-state index in [1.807, 2.05) is 17.0 Å². The minimum absolute atomic E-state index is 0.225. The Morgan fingerprint density at radius 1 is 1.09 bits per heavy atom. The first-order valence-corrected chi connectivity index (χ1v) is 11.7. The molecule has 3 aromatic rings. The summed E-state index contributed by atoms with van der Waals surface area (Å²) >= 11 is 0. The molecule has 1 unspecified atom stereocenters. The van der Waals surface area contributed by atoms with Gasteiger partial charge >= 0.3 is 6.09 Å². The molecule has 5 rings (SSSR count). The number of benzene rings is 1. The van der Waals surface area contributed by atoms with Gasteiger partial charge in [-0.05, 0) is 49.9 Å². The Labute approximate surface area is 194 Å². The van der Waals surface area contributed by atoms with Crippen LogP contribution < -0.4 is 4.74 Å². The monoisotopic (exact) mass is 446 g/mol. The van der Waals surface area contributed by atoms with Gasteiger partial charge in [0.1, 0.15) is 6.10 Å². The maximum Gasteiger partial charge on any atom is 0.410 e. The molecule has 33 heavy (non-hydrogen) atoms. The molecule has 0 radical (unpaired) electrons. The van der Waals surface area contributed by atoms with Crippen molar-refractivity contribution >= 4 is 17.1 Å². The van der Waals surface area contributed by atoms with Crippen LogP contribution in [-0.2, 0) is 11.2 Å². The minimum atomic E-state index is -0.341. The van der Waals surface area contributed by atoms with Crippen LogP contribution in [0.4, 0.5) is 4.79 Å². The number of piperidine rings is 1. The average Bonchev–Trinajstić information content (AvgIpc) is 3.25. The number of aryl methyl sites for hydroxylation is 1. The van der Waals surface area contributed by atoms with Crippen LogP contribution in [0.3, 0.4) is 0 Å². The quantitative estimate of drug-likeness (QED) is 0.541. The highest BCUT2D eigenvalue weighted by Gasteiger charge is 2.38. The first kappa shape index (κ1) is 21.6. The number of pyridine rings is 2. The lowest BCUT2D eigenvalue weighted by Gasteiger charge is -2.35. The van der Waals surface area contributed by atoms with Crippen molar-refractivity contribution < 1.29 is 14.3 Å². The van der Waals surface area contributed by atoms with Gasteiger partial charge < -0.3 is 19.3 Å². The van der Waals surface area contributed by atoms with Gasteiger partial charge in [0.05, 0.1) is 24.7 Å². The molecule has 0 aliphatic carbocycles. The molecule has 4 heterocycles. The third-order valence-electron chi connectivity index (χ3n) is 6.77. The fraction of sp³-hybridized carbons (Fsp3) is 0.423. The molecule has 2 saturated heterocycles. The number of likely N-dealkylation sites (tertiary alicyclic amines) is 1. The topological polar surface area (TPSA) is 67.8 Å². The van der Waals surface area contributed by atoms with Crippen LogP contribution in [0, 0.1) is 0 Å². The number of fused-ring (bicyclic) bond motifs is 1. The molecule has 1 aromatic carbocycles. The average molecular weight is 447 g/mol. The van der Waals surface area contributed by atoms with E-state index in [0.29, 0.717) is 12.4 Å². The molecule has 2 aliphatic rings. The summed E-state index contributed by atoms with van der Waals surface area (Å²) in [6.07, 6.45) is 5.42. The molecule has 1 atom stereocenters. The Bertz CT molecular complexity index is 1100. The highest BCUT2D eigenvalue weighted by atomic mass is 16.6. The van der Waals surface area contributed by atoms with Gasteiger partial charge in [-0.25, -0.2) is 9.78 Å². The first-order valence-electron chi connectivity index (χ1n) is 11.7. The summed E-state index contributed by atoms with van der Waals surface area (Å²) in [6, 6.07) is 16.4. The van der Waals surface area contributed by atoms with Gasteiger partial charge in [0.25, 0.3) is 0 Å². The van der Waals surface area contributed by atoms with E-state index in [2.05, 4.69) is 45.2 Å². The van der Waals surface area contributed by atoms with Crippen LogP contribution in [0.5, 0.6) is 5.88 Å². The number of carbonyl (C=O) groups excluding carboxylic acids is 1. The van der Waals surface area contributed by atoms with Crippen molar-refractivity contribution in [2.75, 3.05) is 33.3 Å². The molecule has 0 spiro atoms. The highest BCUT2D eigenvalue weighted by Crippen LogP contribution is 2.33. The number of hydrogen-bond acceptors (Lipinski definition) is 6. The van der Waals surface area contributed by atoms with E-state index in [0.717, 1.165) is 61.9 Å². The maximum absolute atomic E-state index is 12.8. The molecule has 7 nitrogen and oxygen atoms in total. The second-order valence-electron chi connectivity index (χ2n) is 8.81. The summed E-state index contributed by atoms with van der Waals surface area (Å²) in [5.74, 6) is 0.526. The van der Waals surface area contributed by atoms with Crippen LogP contribution in [0.25, 0.3) is 11.0 Å². The highest BCUT2D eigenvalue weighted by molar-refractivity contribution is 5.80. The Hall–Kier alpha value is -3.19. The van der Waals surface area contributed by atoms with Crippen molar-refractivity contribution in [3.8, 4) is 5.88 Å². The molecule has 2 aromatic heterocycles. The van der Waals surface area contributed by atoms with E-state index < -0.39 is 0 Å². The van der Waals surface area contributed by atoms with Crippen LogP contribution in [0.15, 0.2) is 54.7 Å². The van der Waals surface area contributed by atoms with Crippen molar-refractivity contribution in [1.82, 2.24) is 19.8 Å². The van der Waals surface area contributed by atoms with E-state index in [9.17, 15) is 4.79 Å². The van der Waals surface area contributed by atoms with Gasteiger partial charge in [-0.1, -0.05) is 30.3 Å². The van der Waals surface area contributed by atoms with Gasteiger partial charge in [0, 0.05) is 37.0 Å². The summed E-state index contributed by atoms with van der Waals surface area (Å²) < 4.78 is 11.1. The molecule has 2 fully saturated rings. The first-order chi connectivity index (χ1) is 16.2. The number of amides is 1. The zero-order valence-corrected chi connectivity index (χ0v) is 19.0. The van der Waals surface area contributed by atoms with Crippen molar-refractivity contribution in [2.24, 2.45) is 0 Å². The number of methoxy groups -OCH3 is 1. The van der Waals surface area contributed by atoms with Crippen LogP contribution in [0.1, 0.15) is 36.5 Å². The zero-order valence-electron chi connectivity index (χ0n) is 19.0. The van der Waals surface area contributed by atoms with E-state index >= 15 is 0 Å². The van der Waals surface area contributed by atoms with Gasteiger partial charge in [0.2, 0.25) is 5.88 Å². The number of rotatable bonds is 7. The smallest absolute Gasteiger partial charge is 0.410 e. The Kier molecular flexibility index (Phi) is 6.39. The molecule has 0 N–H and O–H groups in total. The van der Waals surface area contributed by atoms with Crippen LogP contribution >= 0.6 is 0 Å². The van der Waals surface area contributed by atoms with E-state index in [-0.39, 0.29) is 18.2 Å². The number of aromatic nitrogens is 2. The molecular formula is C26H30N4O3. The van der Waals surface area contributed by atoms with Gasteiger partial charge in [-0.2, -0.15) is 0 Å². The molecule has 172 valence electrons. The Morgan fingerprint density at radius 2 is 1.91 bits per heavy atom. The fourth-order valence-electron chi connectivity index (χ4n) is 4.95. The Balaban J connectivity index is 1.18. The number of ether oxygens (including phenoxy) is 2. The summed E-state index contributed by atoms with van der Waals surface area (Å²) in [4.78, 5) is 26.1. The van der Waals surface area contributed by atoms with Gasteiger partial charge in [-0.15, -0.1) is 0 Å². The molecule has 1 amide bonds. The number of carbonyl (C=O) groups is 1. The molecule has 7 heteroatoms. The minimum Gasteiger partial charge on any atom is -0.481 e. The van der Waals surface area contributed by atoms with E-state index in [1.54, 1.807) is 19.4 Å². The second kappa shape index (κ2) is 9.75. The third-order valence-corrected chi connectivity index (χ3v) is 6.77. The summed E-state index contributed by atoms with van der Waals surface area (Å²) in [7, 11) is 1.59. The van der Waals surface area contributed by atoms with Crippen molar-refractivity contribution in [3.05, 3.63) is 65.9 Å². The summed E-state index contributed by atoms with van der Waals surface area (Å²) in [5.41, 5.74) is 3.78. The van der Waals surface area contributed by atoms with Crippen LogP contribution in [-0.4, -0.2) is 65.2 Å². The fourth-order valence-corrected chi connectivity index (χ4v) is 4.95. The number of nitrogens with zero attached hydrogens (tertiary/aromatic N) is 4. The normalized spacial score (nSPS) is 19.7. The predicted molar refractivity (Wildman–Crippen MR) is 126 cm³/mol. The van der Waals surface area contributed by atoms with Crippen molar-refractivity contribution in [1.29, 1.82) is 0 Å². The van der Waals surface area contributed by atoms with Gasteiger partial charge in [-0.3, -0.25) is 4.98 Å². The van der Waals surface area contributed by atoms with Crippen molar-refractivity contribution in [3.63, 3.8) is 0 Å². The predicted octanol–water partition coefficient (Wildman–Crippen LogP) is 4.23. The van der Waals surface area contributed by atoms with Crippen LogP contribution in [0.2, 0.25) is 0 Å². The van der Waals surface area contributed by atoms with Crippen molar-refractivity contribution in [2.45, 2.75) is 37.8 Å². The number of cyclic esters (lactones) is 1. The summed E-state index contributed by atoms with van der Waals surface area (Å²) in [6.45, 7) is 3.69. The van der Waals surface area contributed by atoms with Gasteiger partial charge in [0.15, 0.2) is 0 Å². The molecule has 0 saturated carbocycles. The molecule has 0 bridgehead atoms. The molecule has 2 aliphatic heterocycles. The lowest BCUT2D eigenvalue weighted by atomic mass is 10.0. The largest absolute Gasteiger partial charge is 0.481 e. The van der Waals surface area contributed by atoms with E-state index in [1.165, 1.54) is 5.56 Å². The third kappa shape index (κ3) is 4.78. The lowest BCUT2D eigenvalue weighted by Crippen LogP contribution is -2.45. The number of hydrogen-bond donors (Lipinski definition) is 0. The van der Waals surface area contributed by atoms with E-state index in [4.69, 9.17) is 9.47 Å². The second-order valence-corrected chi connectivity index (χ2v) is 8.81. The standard InChI is InChI=1S/C26H30N4O3/c1-32-24-10-9-22-25(28-24)21(11-14-27-22)23-18-30(26(31)33-23)20-12-16-29(17-13-20)15-5-8-19-6-3-2-4-7-19/h2-4,6-7,9-11,14,20,23H,5,8,12-13,15-18H2,1H3. The Morgan fingerprint density at radius 3 is 2.70 bits per heavy atom. The summed E-state index contributed by atoms with van der Waals surface area (Å²) in [5, 5.41) is 0. The SMILES string of the molecule is COc1ccc2nccc(C3CN(C4CCN(CCCc5ccccc5)CC4)C(=O)O3)c2n1.